The maximum Gasteiger partial charge on any atom is 0.329 e. The molecule has 2 heterocycles. The largest absolute Gasteiger partial charge is 0.458 e. The van der Waals surface area contributed by atoms with Crippen molar-refractivity contribution < 1.29 is 9.53 Å². The Morgan fingerprint density at radius 2 is 2.29 bits per heavy atom. The second-order valence-electron chi connectivity index (χ2n) is 6.06. The molecule has 0 amide bonds. The van der Waals surface area contributed by atoms with E-state index in [1.807, 2.05) is 37.8 Å². The zero-order valence-corrected chi connectivity index (χ0v) is 13.4. The van der Waals surface area contributed by atoms with Crippen molar-refractivity contribution in [2.24, 2.45) is 0 Å². The molecule has 5 nitrogen and oxygen atoms in total. The first-order valence-electron chi connectivity index (χ1n) is 7.07. The van der Waals surface area contributed by atoms with Crippen molar-refractivity contribution in [1.82, 2.24) is 9.88 Å². The van der Waals surface area contributed by atoms with Crippen LogP contribution < -0.4 is 5.32 Å². The van der Waals surface area contributed by atoms with E-state index >= 15 is 0 Å². The van der Waals surface area contributed by atoms with Crippen LogP contribution in [0, 0.1) is 0 Å². The zero-order chi connectivity index (χ0) is 15.5. The molecule has 0 radical (unpaired) electrons. The highest BCUT2D eigenvalue weighted by molar-refractivity contribution is 7.80. The van der Waals surface area contributed by atoms with Gasteiger partial charge in [-0.1, -0.05) is 0 Å². The van der Waals surface area contributed by atoms with Gasteiger partial charge in [0, 0.05) is 12.7 Å². The molecule has 1 aliphatic heterocycles. The molecule has 1 aliphatic rings. The van der Waals surface area contributed by atoms with Crippen molar-refractivity contribution in [2.75, 3.05) is 11.9 Å². The minimum absolute atomic E-state index is 0.213. The molecule has 1 fully saturated rings. The van der Waals surface area contributed by atoms with E-state index < -0.39 is 5.60 Å². The average molecular weight is 307 g/mol. The first-order valence-corrected chi connectivity index (χ1v) is 7.48. The number of nitrogens with one attached hydrogen (secondary N) is 1. The van der Waals surface area contributed by atoms with Crippen LogP contribution in [0.25, 0.3) is 0 Å². The van der Waals surface area contributed by atoms with Gasteiger partial charge in [0.15, 0.2) is 5.11 Å². The summed E-state index contributed by atoms with van der Waals surface area (Å²) in [5.41, 5.74) is 0.335. The first kappa shape index (κ1) is 15.7. The molecular formula is C15H21N3O2S. The minimum atomic E-state index is -0.482. The second kappa shape index (κ2) is 6.39. The number of anilines is 1. The van der Waals surface area contributed by atoms with Crippen molar-refractivity contribution in [3.8, 4) is 0 Å². The van der Waals surface area contributed by atoms with Gasteiger partial charge in [0.05, 0.1) is 11.9 Å². The van der Waals surface area contributed by atoms with Gasteiger partial charge in [0.25, 0.3) is 0 Å². The molecule has 0 unspecified atom stereocenters. The van der Waals surface area contributed by atoms with Gasteiger partial charge in [-0.3, -0.25) is 4.98 Å². The monoisotopic (exact) mass is 307 g/mol. The number of thiocarbonyl (C=S) groups is 1. The molecule has 0 saturated carbocycles. The van der Waals surface area contributed by atoms with E-state index in [2.05, 4.69) is 10.3 Å². The van der Waals surface area contributed by atoms with Crippen LogP contribution in [0.1, 0.15) is 33.6 Å². The third-order valence-corrected chi connectivity index (χ3v) is 3.44. The van der Waals surface area contributed by atoms with Crippen LogP contribution in [0.15, 0.2) is 24.5 Å². The van der Waals surface area contributed by atoms with E-state index in [1.54, 1.807) is 12.4 Å². The van der Waals surface area contributed by atoms with Crippen LogP contribution in [-0.2, 0) is 9.53 Å². The zero-order valence-electron chi connectivity index (χ0n) is 12.6. The number of hydrogen-bond acceptors (Lipinski definition) is 4. The van der Waals surface area contributed by atoms with Crippen LogP contribution in [0.3, 0.4) is 0 Å². The summed E-state index contributed by atoms with van der Waals surface area (Å²) in [5.74, 6) is -0.213. The lowest BCUT2D eigenvalue weighted by atomic mass is 10.1. The number of aromatic nitrogens is 1. The molecule has 1 N–H and O–H groups in total. The van der Waals surface area contributed by atoms with Crippen LogP contribution in [0.2, 0.25) is 0 Å². The van der Waals surface area contributed by atoms with Gasteiger partial charge in [-0.25, -0.2) is 4.79 Å². The fourth-order valence-corrected chi connectivity index (χ4v) is 2.59. The lowest BCUT2D eigenvalue weighted by Crippen LogP contribution is -2.45. The van der Waals surface area contributed by atoms with Gasteiger partial charge < -0.3 is 15.0 Å². The van der Waals surface area contributed by atoms with Crippen molar-refractivity contribution >= 4 is 29.0 Å². The molecule has 1 aromatic rings. The topological polar surface area (TPSA) is 54.5 Å². The maximum atomic E-state index is 12.3. The van der Waals surface area contributed by atoms with Crippen molar-refractivity contribution in [3.05, 3.63) is 24.5 Å². The number of carbonyl (C=O) groups excluding carboxylic acids is 1. The van der Waals surface area contributed by atoms with Gasteiger partial charge in [-0.2, -0.15) is 0 Å². The predicted octanol–water partition coefficient (Wildman–Crippen LogP) is 2.58. The summed E-state index contributed by atoms with van der Waals surface area (Å²) in [7, 11) is 0. The summed E-state index contributed by atoms with van der Waals surface area (Å²) in [4.78, 5) is 18.2. The van der Waals surface area contributed by atoms with E-state index in [0.29, 0.717) is 5.11 Å². The van der Waals surface area contributed by atoms with Crippen molar-refractivity contribution in [3.63, 3.8) is 0 Å². The van der Waals surface area contributed by atoms with Gasteiger partial charge >= 0.3 is 5.97 Å². The molecule has 0 spiro atoms. The third kappa shape index (κ3) is 4.39. The molecule has 2 rings (SSSR count). The molecule has 21 heavy (non-hydrogen) atoms. The molecule has 0 bridgehead atoms. The Bertz CT molecular complexity index is 513. The van der Waals surface area contributed by atoms with E-state index in [4.69, 9.17) is 17.0 Å². The van der Waals surface area contributed by atoms with Gasteiger partial charge in [-0.15, -0.1) is 0 Å². The summed E-state index contributed by atoms with van der Waals surface area (Å²) in [5, 5.41) is 3.66. The fourth-order valence-electron chi connectivity index (χ4n) is 2.26. The SMILES string of the molecule is CC(C)(C)OC(=O)[C@@H]1CCCN1C(=S)Nc1cccnc1. The molecule has 1 saturated heterocycles. The summed E-state index contributed by atoms with van der Waals surface area (Å²) in [6, 6.07) is 3.42. The second-order valence-corrected chi connectivity index (χ2v) is 6.44. The third-order valence-electron chi connectivity index (χ3n) is 3.11. The van der Waals surface area contributed by atoms with Crippen molar-refractivity contribution in [1.29, 1.82) is 0 Å². The van der Waals surface area contributed by atoms with Crippen molar-refractivity contribution in [2.45, 2.75) is 45.3 Å². The molecule has 6 heteroatoms. The number of pyridine rings is 1. The number of ether oxygens (including phenoxy) is 1. The molecule has 114 valence electrons. The average Bonchev–Trinajstić information content (AvgIpc) is 2.87. The lowest BCUT2D eigenvalue weighted by Gasteiger charge is -2.29. The highest BCUT2D eigenvalue weighted by Crippen LogP contribution is 2.22. The number of esters is 1. The Hall–Kier alpha value is -1.69. The van der Waals surface area contributed by atoms with Crippen LogP contribution in [-0.4, -0.2) is 39.2 Å². The molecule has 0 aliphatic carbocycles. The lowest BCUT2D eigenvalue weighted by molar-refractivity contribution is -0.159. The highest BCUT2D eigenvalue weighted by Gasteiger charge is 2.35. The number of carbonyl (C=O) groups is 1. The van der Waals surface area contributed by atoms with Gasteiger partial charge in [-0.05, 0) is 58.0 Å². The Kier molecular flexibility index (Phi) is 4.77. The van der Waals surface area contributed by atoms with E-state index in [9.17, 15) is 4.79 Å². The Balaban J connectivity index is 2.01. The van der Waals surface area contributed by atoms with E-state index in [1.165, 1.54) is 0 Å². The molecule has 1 atom stereocenters. The number of nitrogens with zero attached hydrogens (tertiary/aromatic N) is 2. The molecule has 0 aromatic carbocycles. The van der Waals surface area contributed by atoms with Crippen LogP contribution in [0.5, 0.6) is 0 Å². The maximum absolute atomic E-state index is 12.3. The van der Waals surface area contributed by atoms with Crippen LogP contribution >= 0.6 is 12.2 Å². The standard InChI is InChI=1S/C15H21N3O2S/c1-15(2,3)20-13(19)12-7-5-9-18(12)14(21)17-11-6-4-8-16-10-11/h4,6,8,10,12H,5,7,9H2,1-3H3,(H,17,21)/t12-/m0/s1. The summed E-state index contributed by atoms with van der Waals surface area (Å²) >= 11 is 5.41. The molecular weight excluding hydrogens is 286 g/mol. The minimum Gasteiger partial charge on any atom is -0.458 e. The van der Waals surface area contributed by atoms with Gasteiger partial charge in [0.2, 0.25) is 0 Å². The summed E-state index contributed by atoms with van der Waals surface area (Å²) in [6.07, 6.45) is 5.10. The predicted molar refractivity (Wildman–Crippen MR) is 86.0 cm³/mol. The van der Waals surface area contributed by atoms with E-state index in [0.717, 1.165) is 25.1 Å². The quantitative estimate of drug-likeness (QED) is 0.669. The smallest absolute Gasteiger partial charge is 0.329 e. The van der Waals surface area contributed by atoms with Crippen LogP contribution in [0.4, 0.5) is 5.69 Å². The highest BCUT2D eigenvalue weighted by atomic mass is 32.1. The fraction of sp³-hybridized carbons (Fsp3) is 0.533. The number of likely N-dealkylation sites (tertiary alicyclic amines) is 1. The summed E-state index contributed by atoms with van der Waals surface area (Å²) in [6.45, 7) is 6.37. The van der Waals surface area contributed by atoms with E-state index in [-0.39, 0.29) is 12.0 Å². The normalized spacial score (nSPS) is 18.4. The summed E-state index contributed by atoms with van der Waals surface area (Å²) < 4.78 is 5.47. The Morgan fingerprint density at radius 1 is 1.52 bits per heavy atom. The number of rotatable bonds is 2. The Morgan fingerprint density at radius 3 is 2.90 bits per heavy atom. The first-order chi connectivity index (χ1) is 9.87. The Labute approximate surface area is 130 Å². The molecule has 1 aromatic heterocycles. The number of hydrogen-bond donors (Lipinski definition) is 1. The van der Waals surface area contributed by atoms with Gasteiger partial charge in [0.1, 0.15) is 11.6 Å².